The van der Waals surface area contributed by atoms with Gasteiger partial charge >= 0.3 is 0 Å². The topological polar surface area (TPSA) is 34.1 Å². The summed E-state index contributed by atoms with van der Waals surface area (Å²) in [5, 5.41) is 0. The van der Waals surface area contributed by atoms with Crippen LogP contribution >= 0.6 is 11.6 Å². The fourth-order valence-corrected chi connectivity index (χ4v) is 3.36. The molecule has 0 heterocycles. The fraction of sp³-hybridized carbons (Fsp3) is 0.455. The largest absolute Gasteiger partial charge is 0.228 e. The number of sulfone groups is 1. The maximum atomic E-state index is 11.5. The van der Waals surface area contributed by atoms with Crippen molar-refractivity contribution >= 4 is 21.4 Å². The van der Waals surface area contributed by atoms with Crippen LogP contribution in [0, 0.1) is 13.8 Å². The van der Waals surface area contributed by atoms with Crippen LogP contribution in [0.15, 0.2) is 18.2 Å². The molecule has 0 aromatic heterocycles. The first-order chi connectivity index (χ1) is 6.93. The van der Waals surface area contributed by atoms with E-state index in [1.807, 2.05) is 32.0 Å². The lowest BCUT2D eigenvalue weighted by Gasteiger charge is -2.05. The second-order valence-corrected chi connectivity index (χ2v) is 6.34. The summed E-state index contributed by atoms with van der Waals surface area (Å²) in [5.41, 5.74) is 3.02. The zero-order valence-electron chi connectivity index (χ0n) is 8.96. The molecule has 0 unspecified atom stereocenters. The van der Waals surface area contributed by atoms with Gasteiger partial charge in [0.05, 0.1) is 11.5 Å². The van der Waals surface area contributed by atoms with Gasteiger partial charge in [-0.15, -0.1) is 11.6 Å². The molecule has 84 valence electrons. The van der Waals surface area contributed by atoms with Crippen LogP contribution in [0.5, 0.6) is 0 Å². The van der Waals surface area contributed by atoms with Crippen molar-refractivity contribution in [3.8, 4) is 0 Å². The number of benzene rings is 1. The molecule has 0 bridgehead atoms. The predicted octanol–water partition coefficient (Wildman–Crippen LogP) is 2.46. The molecule has 0 N–H and O–H groups in total. The second kappa shape index (κ2) is 4.99. The van der Waals surface area contributed by atoms with Gasteiger partial charge in [-0.2, -0.15) is 0 Å². The van der Waals surface area contributed by atoms with Gasteiger partial charge < -0.3 is 0 Å². The summed E-state index contributed by atoms with van der Waals surface area (Å²) in [7, 11) is -3.05. The molecule has 1 aromatic carbocycles. The SMILES string of the molecule is Cc1cc(C)cc(CS(=O)(=O)CCCl)c1. The molecule has 0 aliphatic heterocycles. The summed E-state index contributed by atoms with van der Waals surface area (Å²) < 4.78 is 23.1. The molecule has 0 aliphatic rings. The van der Waals surface area contributed by atoms with Crippen molar-refractivity contribution in [2.45, 2.75) is 19.6 Å². The van der Waals surface area contributed by atoms with Crippen LogP contribution in [0.4, 0.5) is 0 Å². The number of halogens is 1. The molecule has 0 spiro atoms. The third-order valence-corrected chi connectivity index (χ3v) is 4.07. The highest BCUT2D eigenvalue weighted by molar-refractivity contribution is 7.90. The highest BCUT2D eigenvalue weighted by Crippen LogP contribution is 2.12. The summed E-state index contributed by atoms with van der Waals surface area (Å²) in [5.74, 6) is 0.289. The van der Waals surface area contributed by atoms with E-state index in [0.717, 1.165) is 16.7 Å². The van der Waals surface area contributed by atoms with Crippen molar-refractivity contribution in [1.29, 1.82) is 0 Å². The number of alkyl halides is 1. The lowest BCUT2D eigenvalue weighted by atomic mass is 10.1. The van der Waals surface area contributed by atoms with E-state index >= 15 is 0 Å². The van der Waals surface area contributed by atoms with Crippen molar-refractivity contribution in [2.75, 3.05) is 11.6 Å². The number of rotatable bonds is 4. The number of hydrogen-bond donors (Lipinski definition) is 0. The van der Waals surface area contributed by atoms with Gasteiger partial charge in [0.15, 0.2) is 9.84 Å². The highest BCUT2D eigenvalue weighted by atomic mass is 35.5. The highest BCUT2D eigenvalue weighted by Gasteiger charge is 2.11. The smallest absolute Gasteiger partial charge is 0.155 e. The van der Waals surface area contributed by atoms with Crippen molar-refractivity contribution < 1.29 is 8.42 Å². The van der Waals surface area contributed by atoms with Gasteiger partial charge in [-0.3, -0.25) is 0 Å². The van der Waals surface area contributed by atoms with Crippen LogP contribution in [0.25, 0.3) is 0 Å². The molecular formula is C11H15ClO2S. The quantitative estimate of drug-likeness (QED) is 0.765. The maximum Gasteiger partial charge on any atom is 0.155 e. The van der Waals surface area contributed by atoms with Gasteiger partial charge in [-0.1, -0.05) is 29.3 Å². The van der Waals surface area contributed by atoms with E-state index < -0.39 is 9.84 Å². The molecule has 0 radical (unpaired) electrons. The molecule has 0 aliphatic carbocycles. The Hall–Kier alpha value is -0.540. The predicted molar refractivity (Wildman–Crippen MR) is 64.1 cm³/mol. The Labute approximate surface area is 96.2 Å². The Bertz CT molecular complexity index is 418. The van der Waals surface area contributed by atoms with Crippen LogP contribution in [-0.4, -0.2) is 20.1 Å². The van der Waals surface area contributed by atoms with E-state index in [4.69, 9.17) is 11.6 Å². The van der Waals surface area contributed by atoms with E-state index in [-0.39, 0.29) is 17.4 Å². The number of aryl methyl sites for hydroxylation is 2. The molecule has 0 fully saturated rings. The fourth-order valence-electron chi connectivity index (χ4n) is 1.60. The molecule has 1 rings (SSSR count). The van der Waals surface area contributed by atoms with Gasteiger partial charge in [-0.05, 0) is 19.4 Å². The minimum Gasteiger partial charge on any atom is -0.228 e. The normalized spacial score (nSPS) is 11.7. The van der Waals surface area contributed by atoms with Crippen LogP contribution in [0.1, 0.15) is 16.7 Å². The third-order valence-electron chi connectivity index (χ3n) is 2.06. The molecule has 15 heavy (non-hydrogen) atoms. The average molecular weight is 247 g/mol. The molecule has 0 atom stereocenters. The standard InChI is InChI=1S/C11H15ClO2S/c1-9-5-10(2)7-11(6-9)8-15(13,14)4-3-12/h5-7H,3-4,8H2,1-2H3. The Morgan fingerprint density at radius 1 is 1.13 bits per heavy atom. The van der Waals surface area contributed by atoms with E-state index in [9.17, 15) is 8.42 Å². The first-order valence-electron chi connectivity index (χ1n) is 4.76. The molecular weight excluding hydrogens is 232 g/mol. The molecule has 0 saturated heterocycles. The van der Waals surface area contributed by atoms with Gasteiger partial charge in [-0.25, -0.2) is 8.42 Å². The van der Waals surface area contributed by atoms with Crippen molar-refractivity contribution in [1.82, 2.24) is 0 Å². The molecule has 4 heteroatoms. The third kappa shape index (κ3) is 4.22. The van der Waals surface area contributed by atoms with Gasteiger partial charge in [0, 0.05) is 5.88 Å². The monoisotopic (exact) mass is 246 g/mol. The summed E-state index contributed by atoms with van der Waals surface area (Å²) in [4.78, 5) is 0. The molecule has 0 saturated carbocycles. The van der Waals surface area contributed by atoms with Crippen LogP contribution < -0.4 is 0 Å². The average Bonchev–Trinajstić information content (AvgIpc) is 1.99. The van der Waals surface area contributed by atoms with Crippen LogP contribution in [0.2, 0.25) is 0 Å². The van der Waals surface area contributed by atoms with Gasteiger partial charge in [0.25, 0.3) is 0 Å². The summed E-state index contributed by atoms with van der Waals surface area (Å²) >= 11 is 5.44. The van der Waals surface area contributed by atoms with E-state index in [1.54, 1.807) is 0 Å². The first kappa shape index (κ1) is 12.5. The number of hydrogen-bond acceptors (Lipinski definition) is 2. The van der Waals surface area contributed by atoms with Crippen LogP contribution in [-0.2, 0) is 15.6 Å². The zero-order valence-corrected chi connectivity index (χ0v) is 10.5. The van der Waals surface area contributed by atoms with Gasteiger partial charge in [0.2, 0.25) is 0 Å². The molecule has 1 aromatic rings. The molecule has 2 nitrogen and oxygen atoms in total. The minimum absolute atomic E-state index is 0.0432. The first-order valence-corrected chi connectivity index (χ1v) is 7.12. The Morgan fingerprint density at radius 3 is 2.13 bits per heavy atom. The zero-order chi connectivity index (χ0) is 11.5. The molecule has 0 amide bonds. The van der Waals surface area contributed by atoms with Crippen LogP contribution in [0.3, 0.4) is 0 Å². The Balaban J connectivity index is 2.90. The Kier molecular flexibility index (Phi) is 4.17. The Morgan fingerprint density at radius 2 is 1.67 bits per heavy atom. The van der Waals surface area contributed by atoms with E-state index in [0.29, 0.717) is 0 Å². The lowest BCUT2D eigenvalue weighted by Crippen LogP contribution is -2.10. The summed E-state index contributed by atoms with van der Waals surface area (Å²) in [6.45, 7) is 3.93. The second-order valence-electron chi connectivity index (χ2n) is 3.78. The summed E-state index contributed by atoms with van der Waals surface area (Å²) in [6, 6.07) is 5.83. The van der Waals surface area contributed by atoms with Crippen molar-refractivity contribution in [3.63, 3.8) is 0 Å². The maximum absolute atomic E-state index is 11.5. The lowest BCUT2D eigenvalue weighted by molar-refractivity contribution is 0.596. The van der Waals surface area contributed by atoms with Crippen molar-refractivity contribution in [3.05, 3.63) is 34.9 Å². The van der Waals surface area contributed by atoms with Crippen molar-refractivity contribution in [2.24, 2.45) is 0 Å². The minimum atomic E-state index is -3.05. The van der Waals surface area contributed by atoms with E-state index in [2.05, 4.69) is 0 Å². The summed E-state index contributed by atoms with van der Waals surface area (Å²) in [6.07, 6.45) is 0. The van der Waals surface area contributed by atoms with Gasteiger partial charge in [0.1, 0.15) is 0 Å². The van der Waals surface area contributed by atoms with E-state index in [1.165, 1.54) is 0 Å².